The van der Waals surface area contributed by atoms with Gasteiger partial charge in [-0.1, -0.05) is 6.07 Å². The highest BCUT2D eigenvalue weighted by Gasteiger charge is 2.17. The molecule has 0 radical (unpaired) electrons. The van der Waals surface area contributed by atoms with E-state index in [2.05, 4.69) is 15.3 Å². The summed E-state index contributed by atoms with van der Waals surface area (Å²) < 4.78 is 0. The van der Waals surface area contributed by atoms with Gasteiger partial charge in [-0.25, -0.2) is 9.97 Å². The largest absolute Gasteiger partial charge is 0.321 e. The summed E-state index contributed by atoms with van der Waals surface area (Å²) in [4.78, 5) is 34.6. The van der Waals surface area contributed by atoms with Gasteiger partial charge in [-0.2, -0.15) is 0 Å². The van der Waals surface area contributed by atoms with Crippen LogP contribution in [-0.2, 0) is 0 Å². The molecule has 0 bridgehead atoms. The Morgan fingerprint density at radius 2 is 1.68 bits per heavy atom. The van der Waals surface area contributed by atoms with Crippen molar-refractivity contribution in [1.82, 2.24) is 9.97 Å². The molecule has 0 atom stereocenters. The first-order valence-electron chi connectivity index (χ1n) is 7.48. The lowest BCUT2D eigenvalue weighted by atomic mass is 10.2. The number of nitrogens with one attached hydrogen (secondary N) is 1. The first kappa shape index (κ1) is 17.2. The van der Waals surface area contributed by atoms with Crippen molar-refractivity contribution in [2.24, 2.45) is 0 Å². The van der Waals surface area contributed by atoms with E-state index < -0.39 is 0 Å². The van der Waals surface area contributed by atoms with Crippen molar-refractivity contribution in [3.63, 3.8) is 0 Å². The van der Waals surface area contributed by atoms with Gasteiger partial charge in [0.15, 0.2) is 0 Å². The summed E-state index contributed by atoms with van der Waals surface area (Å²) in [6.07, 6.45) is 0. The number of aryl methyl sites for hydroxylation is 2. The Balaban J connectivity index is 1.76. The number of nitrogens with zero attached hydrogens (tertiary/aromatic N) is 3. The number of hydrogen-bond donors (Lipinski definition) is 1. The Kier molecular flexibility index (Phi) is 4.91. The van der Waals surface area contributed by atoms with Gasteiger partial charge < -0.3 is 10.2 Å². The highest BCUT2D eigenvalue weighted by atomic mass is 32.1. The first-order valence-corrected chi connectivity index (χ1v) is 9.23. The molecule has 0 saturated heterocycles. The molecule has 3 rings (SSSR count). The Morgan fingerprint density at radius 3 is 2.28 bits per heavy atom. The molecule has 6 nitrogen and oxygen atoms in total. The fourth-order valence-electron chi connectivity index (χ4n) is 2.21. The normalized spacial score (nSPS) is 10.5. The van der Waals surface area contributed by atoms with E-state index in [-0.39, 0.29) is 11.8 Å². The minimum atomic E-state index is -0.273. The van der Waals surface area contributed by atoms with Crippen molar-refractivity contribution in [1.29, 1.82) is 0 Å². The summed E-state index contributed by atoms with van der Waals surface area (Å²) in [5.41, 5.74) is 2.07. The van der Waals surface area contributed by atoms with Crippen LogP contribution in [0.5, 0.6) is 0 Å². The molecular formula is C17H16N4O2S2. The lowest BCUT2D eigenvalue weighted by molar-refractivity contribution is 0.0987. The van der Waals surface area contributed by atoms with Crippen molar-refractivity contribution in [3.05, 3.63) is 56.4 Å². The third-order valence-electron chi connectivity index (χ3n) is 3.49. The second kappa shape index (κ2) is 7.12. The minimum absolute atomic E-state index is 0.192. The van der Waals surface area contributed by atoms with Gasteiger partial charge in [0.1, 0.15) is 11.4 Å². The zero-order chi connectivity index (χ0) is 18.0. The molecule has 25 heavy (non-hydrogen) atoms. The summed E-state index contributed by atoms with van der Waals surface area (Å²) in [6.45, 7) is 3.71. The van der Waals surface area contributed by atoms with Crippen molar-refractivity contribution < 1.29 is 9.59 Å². The molecule has 1 N–H and O–H groups in total. The van der Waals surface area contributed by atoms with Crippen LogP contribution in [0, 0.1) is 13.8 Å². The van der Waals surface area contributed by atoms with Crippen LogP contribution >= 0.6 is 22.7 Å². The lowest BCUT2D eigenvalue weighted by Crippen LogP contribution is -2.26. The van der Waals surface area contributed by atoms with Crippen LogP contribution in [0.2, 0.25) is 0 Å². The minimum Gasteiger partial charge on any atom is -0.321 e. The maximum Gasteiger partial charge on any atom is 0.277 e. The van der Waals surface area contributed by atoms with Gasteiger partial charge >= 0.3 is 0 Å². The monoisotopic (exact) mass is 372 g/mol. The summed E-state index contributed by atoms with van der Waals surface area (Å²) >= 11 is 2.86. The quantitative estimate of drug-likeness (QED) is 0.757. The second-order valence-electron chi connectivity index (χ2n) is 5.37. The smallest absolute Gasteiger partial charge is 0.277 e. The third-order valence-corrected chi connectivity index (χ3v) is 5.03. The van der Waals surface area contributed by atoms with Gasteiger partial charge in [-0.05, 0) is 32.0 Å². The molecule has 128 valence electrons. The van der Waals surface area contributed by atoms with Crippen LogP contribution < -0.4 is 10.2 Å². The van der Waals surface area contributed by atoms with Gasteiger partial charge in [0.2, 0.25) is 0 Å². The molecule has 0 spiro atoms. The molecule has 3 aromatic rings. The number of rotatable bonds is 4. The molecule has 0 aliphatic rings. The molecule has 2 amide bonds. The number of hydrogen-bond acceptors (Lipinski definition) is 6. The van der Waals surface area contributed by atoms with Crippen LogP contribution in [0.25, 0.3) is 0 Å². The predicted molar refractivity (Wildman–Crippen MR) is 101 cm³/mol. The van der Waals surface area contributed by atoms with Crippen LogP contribution in [0.1, 0.15) is 31.0 Å². The van der Waals surface area contributed by atoms with E-state index in [1.165, 1.54) is 27.6 Å². The van der Waals surface area contributed by atoms with Crippen LogP contribution in [0.4, 0.5) is 11.4 Å². The van der Waals surface area contributed by atoms with E-state index in [0.717, 1.165) is 10.0 Å². The van der Waals surface area contributed by atoms with Gasteiger partial charge in [0.25, 0.3) is 11.8 Å². The second-order valence-corrected chi connectivity index (χ2v) is 7.50. The van der Waals surface area contributed by atoms with E-state index in [1.54, 1.807) is 42.1 Å². The molecule has 0 saturated carbocycles. The highest BCUT2D eigenvalue weighted by molar-refractivity contribution is 7.10. The zero-order valence-electron chi connectivity index (χ0n) is 13.9. The number of carbonyl (C=O) groups is 2. The molecule has 0 aliphatic carbocycles. The average molecular weight is 372 g/mol. The van der Waals surface area contributed by atoms with Crippen molar-refractivity contribution >= 4 is 45.9 Å². The maximum atomic E-state index is 12.5. The molecule has 0 unspecified atom stereocenters. The number of amides is 2. The number of carbonyl (C=O) groups excluding carboxylic acids is 2. The van der Waals surface area contributed by atoms with Gasteiger partial charge in [-0.3, -0.25) is 9.59 Å². The van der Waals surface area contributed by atoms with Crippen LogP contribution in [0.15, 0.2) is 35.0 Å². The maximum absolute atomic E-state index is 12.5. The highest BCUT2D eigenvalue weighted by Crippen LogP contribution is 2.21. The SMILES string of the molecule is Cc1nc(C(=O)Nc2cccc(N(C)C(=O)c3csc(C)n3)c2)cs1. The summed E-state index contributed by atoms with van der Waals surface area (Å²) in [7, 11) is 1.68. The number of benzene rings is 1. The Hall–Kier alpha value is -2.58. The van der Waals surface area contributed by atoms with Gasteiger partial charge in [0.05, 0.1) is 10.0 Å². The molecular weight excluding hydrogens is 356 g/mol. The van der Waals surface area contributed by atoms with Gasteiger partial charge in [0, 0.05) is 29.2 Å². The molecule has 0 aliphatic heterocycles. The van der Waals surface area contributed by atoms with E-state index in [4.69, 9.17) is 0 Å². The molecule has 1 aromatic carbocycles. The zero-order valence-corrected chi connectivity index (χ0v) is 15.6. The van der Waals surface area contributed by atoms with E-state index in [1.807, 2.05) is 13.8 Å². The number of thiazole rings is 2. The van der Waals surface area contributed by atoms with E-state index in [0.29, 0.717) is 22.8 Å². The fourth-order valence-corrected chi connectivity index (χ4v) is 3.39. The Bertz CT molecular complexity index is 932. The van der Waals surface area contributed by atoms with Crippen molar-refractivity contribution in [3.8, 4) is 0 Å². The Morgan fingerprint density at radius 1 is 1.04 bits per heavy atom. The van der Waals surface area contributed by atoms with Gasteiger partial charge in [-0.15, -0.1) is 22.7 Å². The summed E-state index contributed by atoms with van der Waals surface area (Å²) in [6, 6.07) is 7.10. The van der Waals surface area contributed by atoms with Crippen LogP contribution in [-0.4, -0.2) is 28.8 Å². The van der Waals surface area contributed by atoms with E-state index in [9.17, 15) is 9.59 Å². The fraction of sp³-hybridized carbons (Fsp3) is 0.176. The average Bonchev–Trinajstić information content (AvgIpc) is 3.22. The van der Waals surface area contributed by atoms with Crippen LogP contribution in [0.3, 0.4) is 0 Å². The Labute approximate surface area is 153 Å². The molecule has 8 heteroatoms. The summed E-state index contributed by atoms with van der Waals surface area (Å²) in [5, 5.41) is 7.94. The molecule has 2 aromatic heterocycles. The van der Waals surface area contributed by atoms with E-state index >= 15 is 0 Å². The standard InChI is InChI=1S/C17H16N4O2S2/c1-10-18-14(8-24-10)16(22)20-12-5-4-6-13(7-12)21(3)17(23)15-9-25-11(2)19-15/h4-9H,1-3H3,(H,20,22). The topological polar surface area (TPSA) is 75.2 Å². The molecule has 0 fully saturated rings. The molecule has 2 heterocycles. The number of anilines is 2. The third kappa shape index (κ3) is 3.92. The van der Waals surface area contributed by atoms with Crippen molar-refractivity contribution in [2.45, 2.75) is 13.8 Å². The lowest BCUT2D eigenvalue weighted by Gasteiger charge is -2.17. The predicted octanol–water partition coefficient (Wildman–Crippen LogP) is 3.75. The summed E-state index contributed by atoms with van der Waals surface area (Å²) in [5.74, 6) is -0.464. The first-order chi connectivity index (χ1) is 11.9. The number of aromatic nitrogens is 2. The van der Waals surface area contributed by atoms with Crippen molar-refractivity contribution in [2.75, 3.05) is 17.3 Å².